The monoisotopic (exact) mass is 259 g/mol. The SMILES string of the molecule is Cc1cc(O)c(C(=O)CNc2ccccc2)c(=O)o1. The molecule has 0 aliphatic rings. The van der Waals surface area contributed by atoms with Gasteiger partial charge in [0.15, 0.2) is 5.78 Å². The normalized spacial score (nSPS) is 10.2. The molecule has 1 aromatic carbocycles. The van der Waals surface area contributed by atoms with Crippen molar-refractivity contribution in [2.75, 3.05) is 11.9 Å². The zero-order chi connectivity index (χ0) is 13.8. The summed E-state index contributed by atoms with van der Waals surface area (Å²) in [5.74, 6) is -0.612. The lowest BCUT2D eigenvalue weighted by Crippen LogP contribution is -2.21. The molecule has 2 N–H and O–H groups in total. The molecule has 2 rings (SSSR count). The van der Waals surface area contributed by atoms with Crippen LogP contribution in [0.1, 0.15) is 16.1 Å². The zero-order valence-corrected chi connectivity index (χ0v) is 10.3. The third-order valence-corrected chi connectivity index (χ3v) is 2.56. The van der Waals surface area contributed by atoms with Gasteiger partial charge >= 0.3 is 5.63 Å². The maximum atomic E-state index is 11.9. The van der Waals surface area contributed by atoms with E-state index in [9.17, 15) is 14.7 Å². The van der Waals surface area contributed by atoms with Crippen molar-refractivity contribution in [1.82, 2.24) is 0 Å². The van der Waals surface area contributed by atoms with Crippen LogP contribution in [0.25, 0.3) is 0 Å². The van der Waals surface area contributed by atoms with Gasteiger partial charge in [-0.25, -0.2) is 4.79 Å². The minimum Gasteiger partial charge on any atom is -0.507 e. The van der Waals surface area contributed by atoms with Gasteiger partial charge in [-0.3, -0.25) is 4.79 Å². The largest absolute Gasteiger partial charge is 0.507 e. The summed E-state index contributed by atoms with van der Waals surface area (Å²) in [6.07, 6.45) is 0. The van der Waals surface area contributed by atoms with Crippen molar-refractivity contribution in [3.05, 3.63) is 58.1 Å². The van der Waals surface area contributed by atoms with Gasteiger partial charge in [0, 0.05) is 11.8 Å². The molecule has 0 saturated heterocycles. The Balaban J connectivity index is 2.15. The summed E-state index contributed by atoms with van der Waals surface area (Å²) in [6, 6.07) is 10.3. The van der Waals surface area contributed by atoms with E-state index in [4.69, 9.17) is 4.42 Å². The van der Waals surface area contributed by atoms with Gasteiger partial charge in [-0.2, -0.15) is 0 Å². The van der Waals surface area contributed by atoms with E-state index in [1.807, 2.05) is 18.2 Å². The van der Waals surface area contributed by atoms with Gasteiger partial charge in [0.2, 0.25) is 0 Å². The van der Waals surface area contributed by atoms with E-state index < -0.39 is 11.4 Å². The average molecular weight is 259 g/mol. The number of aromatic hydroxyl groups is 1. The molecule has 0 bridgehead atoms. The van der Waals surface area contributed by atoms with E-state index in [-0.39, 0.29) is 23.6 Å². The first-order valence-corrected chi connectivity index (χ1v) is 5.74. The van der Waals surface area contributed by atoms with Crippen molar-refractivity contribution < 1.29 is 14.3 Å². The van der Waals surface area contributed by atoms with Crippen LogP contribution in [-0.4, -0.2) is 17.4 Å². The van der Waals surface area contributed by atoms with Gasteiger partial charge in [-0.15, -0.1) is 0 Å². The molecule has 0 aliphatic carbocycles. The van der Waals surface area contributed by atoms with Crippen LogP contribution in [0.4, 0.5) is 5.69 Å². The number of carbonyl (C=O) groups is 1. The molecule has 0 aliphatic heterocycles. The quantitative estimate of drug-likeness (QED) is 0.820. The summed E-state index contributed by atoms with van der Waals surface area (Å²) in [6.45, 7) is 1.43. The molecule has 5 heteroatoms. The van der Waals surface area contributed by atoms with E-state index in [0.717, 1.165) is 5.69 Å². The summed E-state index contributed by atoms with van der Waals surface area (Å²) in [7, 11) is 0. The number of nitrogens with one attached hydrogen (secondary N) is 1. The van der Waals surface area contributed by atoms with Crippen LogP contribution >= 0.6 is 0 Å². The molecule has 0 radical (unpaired) electrons. The maximum absolute atomic E-state index is 11.9. The molecule has 0 spiro atoms. The van der Waals surface area contributed by atoms with Crippen molar-refractivity contribution in [2.24, 2.45) is 0 Å². The van der Waals surface area contributed by atoms with E-state index in [0.29, 0.717) is 0 Å². The number of benzene rings is 1. The second-order valence-corrected chi connectivity index (χ2v) is 4.05. The molecule has 0 unspecified atom stereocenters. The number of hydrogen-bond donors (Lipinski definition) is 2. The zero-order valence-electron chi connectivity index (χ0n) is 10.3. The number of aryl methyl sites for hydroxylation is 1. The predicted octanol–water partition coefficient (Wildman–Crippen LogP) is 1.95. The Morgan fingerprint density at radius 3 is 2.63 bits per heavy atom. The Morgan fingerprint density at radius 1 is 1.32 bits per heavy atom. The number of rotatable bonds is 4. The summed E-state index contributed by atoms with van der Waals surface area (Å²) in [5, 5.41) is 12.5. The summed E-state index contributed by atoms with van der Waals surface area (Å²) in [5.41, 5.74) is -0.391. The van der Waals surface area contributed by atoms with E-state index >= 15 is 0 Å². The Morgan fingerprint density at radius 2 is 2.00 bits per heavy atom. The van der Waals surface area contributed by atoms with Crippen molar-refractivity contribution in [1.29, 1.82) is 0 Å². The molecule has 0 amide bonds. The highest BCUT2D eigenvalue weighted by Crippen LogP contribution is 2.15. The van der Waals surface area contributed by atoms with Crippen LogP contribution in [-0.2, 0) is 0 Å². The molecular formula is C14H13NO4. The second-order valence-electron chi connectivity index (χ2n) is 4.05. The topological polar surface area (TPSA) is 79.5 Å². The Hall–Kier alpha value is -2.56. The van der Waals surface area contributed by atoms with Crippen molar-refractivity contribution in [2.45, 2.75) is 6.92 Å². The third kappa shape index (κ3) is 3.01. The highest BCUT2D eigenvalue weighted by atomic mass is 16.4. The number of hydrogen-bond acceptors (Lipinski definition) is 5. The van der Waals surface area contributed by atoms with Crippen molar-refractivity contribution in [3.8, 4) is 5.75 Å². The summed E-state index contributed by atoms with van der Waals surface area (Å²) in [4.78, 5) is 23.4. The first kappa shape index (κ1) is 12.9. The maximum Gasteiger partial charge on any atom is 0.350 e. The molecule has 1 aromatic heterocycles. The molecule has 19 heavy (non-hydrogen) atoms. The Bertz CT molecular complexity index is 646. The minimum absolute atomic E-state index is 0.0919. The number of para-hydroxylation sites is 1. The lowest BCUT2D eigenvalue weighted by atomic mass is 10.1. The lowest BCUT2D eigenvalue weighted by molar-refractivity contribution is 0.0999. The first-order chi connectivity index (χ1) is 9.08. The fourth-order valence-corrected chi connectivity index (χ4v) is 1.68. The lowest BCUT2D eigenvalue weighted by Gasteiger charge is -2.06. The minimum atomic E-state index is -0.822. The van der Waals surface area contributed by atoms with Crippen LogP contribution in [0, 0.1) is 6.92 Å². The van der Waals surface area contributed by atoms with Crippen molar-refractivity contribution in [3.63, 3.8) is 0 Å². The second kappa shape index (κ2) is 5.39. The van der Waals surface area contributed by atoms with E-state index in [1.54, 1.807) is 12.1 Å². The van der Waals surface area contributed by atoms with Gasteiger partial charge < -0.3 is 14.8 Å². The molecule has 1 heterocycles. The number of anilines is 1. The van der Waals surface area contributed by atoms with Gasteiger partial charge in [0.25, 0.3) is 0 Å². The van der Waals surface area contributed by atoms with Gasteiger partial charge in [0.1, 0.15) is 17.1 Å². The number of ketones is 1. The Labute approximate surface area is 109 Å². The molecule has 0 saturated carbocycles. The van der Waals surface area contributed by atoms with Crippen LogP contribution in [0.2, 0.25) is 0 Å². The number of carbonyl (C=O) groups excluding carboxylic acids is 1. The molecule has 2 aromatic rings. The van der Waals surface area contributed by atoms with E-state index in [1.165, 1.54) is 13.0 Å². The Kier molecular flexibility index (Phi) is 3.66. The fraction of sp³-hybridized carbons (Fsp3) is 0.143. The van der Waals surface area contributed by atoms with Gasteiger partial charge in [-0.1, -0.05) is 18.2 Å². The highest BCUT2D eigenvalue weighted by molar-refractivity contribution is 6.00. The standard InChI is InChI=1S/C14H13NO4/c1-9-7-11(16)13(14(18)19-9)12(17)8-15-10-5-3-2-4-6-10/h2-7,15-16H,8H2,1H3. The van der Waals surface area contributed by atoms with Crippen LogP contribution in [0.3, 0.4) is 0 Å². The average Bonchev–Trinajstić information content (AvgIpc) is 2.36. The van der Waals surface area contributed by atoms with Gasteiger partial charge in [0.05, 0.1) is 6.54 Å². The van der Waals surface area contributed by atoms with E-state index in [2.05, 4.69) is 5.32 Å². The highest BCUT2D eigenvalue weighted by Gasteiger charge is 2.17. The summed E-state index contributed by atoms with van der Waals surface area (Å²) < 4.78 is 4.80. The van der Waals surface area contributed by atoms with Crippen molar-refractivity contribution >= 4 is 11.5 Å². The fourth-order valence-electron chi connectivity index (χ4n) is 1.68. The molecular weight excluding hydrogens is 246 g/mol. The summed E-state index contributed by atoms with van der Waals surface area (Å²) >= 11 is 0. The smallest absolute Gasteiger partial charge is 0.350 e. The van der Waals surface area contributed by atoms with Crippen LogP contribution in [0.5, 0.6) is 5.75 Å². The van der Waals surface area contributed by atoms with Gasteiger partial charge in [-0.05, 0) is 19.1 Å². The molecule has 0 atom stereocenters. The first-order valence-electron chi connectivity index (χ1n) is 5.74. The van der Waals surface area contributed by atoms with Crippen LogP contribution < -0.4 is 10.9 Å². The molecule has 5 nitrogen and oxygen atoms in total. The predicted molar refractivity (Wildman–Crippen MR) is 70.6 cm³/mol. The third-order valence-electron chi connectivity index (χ3n) is 2.56. The molecule has 98 valence electrons. The number of Topliss-reactive ketones (excluding diaryl/α,β-unsaturated/α-hetero) is 1. The van der Waals surface area contributed by atoms with Crippen LogP contribution in [0.15, 0.2) is 45.6 Å². The molecule has 0 fully saturated rings.